The first-order valence-corrected chi connectivity index (χ1v) is 8.60. The fraction of sp³-hybridized carbons (Fsp3) is 0.500. The average molecular weight is 312 g/mol. The zero-order valence-electron chi connectivity index (χ0n) is 12.2. The third kappa shape index (κ3) is 3.61. The summed E-state index contributed by atoms with van der Waals surface area (Å²) in [6, 6.07) is 4.65. The van der Waals surface area contributed by atoms with E-state index in [1.165, 1.54) is 12.1 Å². The maximum absolute atomic E-state index is 12.4. The lowest BCUT2D eigenvalue weighted by Gasteiger charge is -2.32. The molecule has 116 valence electrons. The van der Waals surface area contributed by atoms with Crippen LogP contribution in [0.1, 0.15) is 18.4 Å². The van der Waals surface area contributed by atoms with Crippen molar-refractivity contribution in [2.45, 2.75) is 30.2 Å². The topological polar surface area (TPSA) is 98.5 Å². The van der Waals surface area contributed by atoms with E-state index in [0.29, 0.717) is 31.7 Å². The van der Waals surface area contributed by atoms with Crippen LogP contribution < -0.4 is 11.1 Å². The molecule has 1 aliphatic heterocycles. The molecule has 3 N–H and O–H groups in total. The summed E-state index contributed by atoms with van der Waals surface area (Å²) in [4.78, 5) is 12.5. The lowest BCUT2D eigenvalue weighted by atomic mass is 9.90. The van der Waals surface area contributed by atoms with E-state index in [1.807, 2.05) is 0 Å². The van der Waals surface area contributed by atoms with Crippen molar-refractivity contribution < 1.29 is 17.9 Å². The van der Waals surface area contributed by atoms with Gasteiger partial charge in [-0.1, -0.05) is 6.07 Å². The Kier molecular flexibility index (Phi) is 4.36. The summed E-state index contributed by atoms with van der Waals surface area (Å²) < 4.78 is 28.4. The van der Waals surface area contributed by atoms with Crippen LogP contribution in [0, 0.1) is 6.92 Å². The van der Waals surface area contributed by atoms with Crippen molar-refractivity contribution in [3.63, 3.8) is 0 Å². The molecule has 0 saturated carbocycles. The minimum absolute atomic E-state index is 0.168. The van der Waals surface area contributed by atoms with Gasteiger partial charge in [-0.2, -0.15) is 0 Å². The van der Waals surface area contributed by atoms with Crippen molar-refractivity contribution in [2.75, 3.05) is 24.8 Å². The Hall–Kier alpha value is -1.44. The van der Waals surface area contributed by atoms with Crippen molar-refractivity contribution in [1.29, 1.82) is 0 Å². The number of hydrogen-bond donors (Lipinski definition) is 2. The Morgan fingerprint density at radius 2 is 1.95 bits per heavy atom. The van der Waals surface area contributed by atoms with Crippen molar-refractivity contribution in [3.8, 4) is 0 Å². The number of carbonyl (C=O) groups is 1. The van der Waals surface area contributed by atoms with Gasteiger partial charge in [0, 0.05) is 25.2 Å². The molecule has 6 nitrogen and oxygen atoms in total. The van der Waals surface area contributed by atoms with Gasteiger partial charge in [-0.25, -0.2) is 8.42 Å². The average Bonchev–Trinajstić information content (AvgIpc) is 2.40. The molecule has 1 aliphatic rings. The highest BCUT2D eigenvalue weighted by molar-refractivity contribution is 7.90. The second kappa shape index (κ2) is 5.75. The summed E-state index contributed by atoms with van der Waals surface area (Å²) in [5.74, 6) is -0.306. The van der Waals surface area contributed by atoms with Crippen molar-refractivity contribution in [1.82, 2.24) is 0 Å². The molecule has 0 unspecified atom stereocenters. The van der Waals surface area contributed by atoms with Crippen LogP contribution in [0.5, 0.6) is 0 Å². The number of nitrogens with two attached hydrogens (primary N) is 1. The fourth-order valence-electron chi connectivity index (χ4n) is 2.18. The fourth-order valence-corrected chi connectivity index (χ4v) is 2.82. The first-order chi connectivity index (χ1) is 9.72. The SMILES string of the molecule is Cc1ccc(S(C)(=O)=O)cc1NC(=O)C1(N)CCOCC1. The van der Waals surface area contributed by atoms with E-state index in [4.69, 9.17) is 10.5 Å². The van der Waals surface area contributed by atoms with E-state index < -0.39 is 15.4 Å². The number of benzene rings is 1. The highest BCUT2D eigenvalue weighted by atomic mass is 32.2. The molecule has 21 heavy (non-hydrogen) atoms. The summed E-state index contributed by atoms with van der Waals surface area (Å²) in [6.07, 6.45) is 2.03. The lowest BCUT2D eigenvalue weighted by molar-refractivity contribution is -0.124. The van der Waals surface area contributed by atoms with Crippen LogP contribution in [-0.2, 0) is 19.4 Å². The van der Waals surface area contributed by atoms with Crippen molar-refractivity contribution >= 4 is 21.4 Å². The smallest absolute Gasteiger partial charge is 0.244 e. The largest absolute Gasteiger partial charge is 0.381 e. The second-order valence-corrected chi connectivity index (χ2v) is 7.49. The van der Waals surface area contributed by atoms with Crippen LogP contribution in [0.2, 0.25) is 0 Å². The Labute approximate surface area is 124 Å². The van der Waals surface area contributed by atoms with E-state index in [0.717, 1.165) is 11.8 Å². The molecular formula is C14H20N2O4S. The Morgan fingerprint density at radius 1 is 1.33 bits per heavy atom. The number of sulfone groups is 1. The lowest BCUT2D eigenvalue weighted by Crippen LogP contribution is -2.54. The second-order valence-electron chi connectivity index (χ2n) is 5.47. The first kappa shape index (κ1) is 15.9. The Bertz CT molecular complexity index is 649. The van der Waals surface area contributed by atoms with Crippen LogP contribution >= 0.6 is 0 Å². The molecule has 1 aromatic carbocycles. The quantitative estimate of drug-likeness (QED) is 0.862. The molecule has 1 fully saturated rings. The first-order valence-electron chi connectivity index (χ1n) is 6.71. The van der Waals surface area contributed by atoms with Crippen LogP contribution in [0.3, 0.4) is 0 Å². The van der Waals surface area contributed by atoms with E-state index >= 15 is 0 Å². The molecule has 1 aromatic rings. The molecule has 1 saturated heterocycles. The summed E-state index contributed by atoms with van der Waals surface area (Å²) >= 11 is 0. The maximum Gasteiger partial charge on any atom is 0.244 e. The van der Waals surface area contributed by atoms with Crippen LogP contribution in [-0.4, -0.2) is 39.3 Å². The molecule has 0 aliphatic carbocycles. The summed E-state index contributed by atoms with van der Waals surface area (Å²) in [5, 5.41) is 2.75. The molecule has 1 amide bonds. The standard InChI is InChI=1S/C14H20N2O4S/c1-10-3-4-11(21(2,18)19)9-12(10)16-13(17)14(15)5-7-20-8-6-14/h3-4,9H,5-8,15H2,1-2H3,(H,16,17). The molecule has 0 atom stereocenters. The number of anilines is 1. The summed E-state index contributed by atoms with van der Waals surface area (Å²) in [5.41, 5.74) is 6.40. The summed E-state index contributed by atoms with van der Waals surface area (Å²) in [7, 11) is -3.32. The van der Waals surface area contributed by atoms with Gasteiger partial charge < -0.3 is 15.8 Å². The molecule has 0 aromatic heterocycles. The van der Waals surface area contributed by atoms with E-state index in [1.54, 1.807) is 13.0 Å². The Balaban J connectivity index is 2.24. The van der Waals surface area contributed by atoms with Gasteiger partial charge in [0.2, 0.25) is 5.91 Å². The third-order valence-corrected chi connectivity index (χ3v) is 4.83. The predicted molar refractivity (Wildman–Crippen MR) is 79.9 cm³/mol. The van der Waals surface area contributed by atoms with Crippen molar-refractivity contribution in [3.05, 3.63) is 23.8 Å². The van der Waals surface area contributed by atoms with Gasteiger partial charge in [0.25, 0.3) is 0 Å². The van der Waals surface area contributed by atoms with Gasteiger partial charge in [0.15, 0.2) is 9.84 Å². The number of ether oxygens (including phenoxy) is 1. The van der Waals surface area contributed by atoms with Gasteiger partial charge in [0.1, 0.15) is 5.54 Å². The monoisotopic (exact) mass is 312 g/mol. The van der Waals surface area contributed by atoms with Gasteiger partial charge in [0.05, 0.1) is 4.90 Å². The number of rotatable bonds is 3. The van der Waals surface area contributed by atoms with E-state index in [-0.39, 0.29) is 10.8 Å². The summed E-state index contributed by atoms with van der Waals surface area (Å²) in [6.45, 7) is 2.70. The zero-order valence-corrected chi connectivity index (χ0v) is 13.0. The number of hydrogen-bond acceptors (Lipinski definition) is 5. The number of aryl methyl sites for hydroxylation is 1. The van der Waals surface area contributed by atoms with E-state index in [9.17, 15) is 13.2 Å². The minimum Gasteiger partial charge on any atom is -0.381 e. The zero-order chi connectivity index (χ0) is 15.7. The predicted octanol–water partition coefficient (Wildman–Crippen LogP) is 0.845. The molecular weight excluding hydrogens is 292 g/mol. The van der Waals surface area contributed by atoms with Gasteiger partial charge in [-0.05, 0) is 37.5 Å². The van der Waals surface area contributed by atoms with Gasteiger partial charge in [-0.15, -0.1) is 0 Å². The van der Waals surface area contributed by atoms with Crippen LogP contribution in [0.15, 0.2) is 23.1 Å². The number of carbonyl (C=O) groups excluding carboxylic acids is 1. The molecule has 1 heterocycles. The molecule has 0 spiro atoms. The van der Waals surface area contributed by atoms with E-state index in [2.05, 4.69) is 5.32 Å². The van der Waals surface area contributed by atoms with Crippen molar-refractivity contribution in [2.24, 2.45) is 5.73 Å². The molecule has 0 radical (unpaired) electrons. The van der Waals surface area contributed by atoms with Crippen LogP contribution in [0.4, 0.5) is 5.69 Å². The normalized spacial score (nSPS) is 18.2. The third-order valence-electron chi connectivity index (χ3n) is 3.72. The number of nitrogens with one attached hydrogen (secondary N) is 1. The maximum atomic E-state index is 12.4. The minimum atomic E-state index is -3.32. The molecule has 7 heteroatoms. The van der Waals surface area contributed by atoms with Crippen LogP contribution in [0.25, 0.3) is 0 Å². The highest BCUT2D eigenvalue weighted by Gasteiger charge is 2.36. The number of amides is 1. The Morgan fingerprint density at radius 3 is 2.52 bits per heavy atom. The molecule has 0 bridgehead atoms. The van der Waals surface area contributed by atoms with Gasteiger partial charge >= 0.3 is 0 Å². The molecule has 2 rings (SSSR count). The van der Waals surface area contributed by atoms with Gasteiger partial charge in [-0.3, -0.25) is 4.79 Å². The highest BCUT2D eigenvalue weighted by Crippen LogP contribution is 2.24.